The van der Waals surface area contributed by atoms with Gasteiger partial charge in [0.2, 0.25) is 0 Å². The van der Waals surface area contributed by atoms with Gasteiger partial charge in [-0.05, 0) is 56.2 Å². The molecule has 1 aliphatic heterocycles. The molecule has 3 heterocycles. The third-order valence-corrected chi connectivity index (χ3v) is 5.75. The lowest BCUT2D eigenvalue weighted by Crippen LogP contribution is -2.31. The number of rotatable bonds is 9. The lowest BCUT2D eigenvalue weighted by molar-refractivity contribution is 0.180. The van der Waals surface area contributed by atoms with Crippen molar-refractivity contribution in [3.63, 3.8) is 0 Å². The maximum atomic E-state index is 5.72. The zero-order valence-electron chi connectivity index (χ0n) is 17.1. The van der Waals surface area contributed by atoms with Gasteiger partial charge >= 0.3 is 0 Å². The third kappa shape index (κ3) is 4.21. The minimum absolute atomic E-state index is 0.0209. The molecule has 0 unspecified atom stereocenters. The molecule has 1 fully saturated rings. The number of pyridine rings is 1. The van der Waals surface area contributed by atoms with E-state index in [0.717, 1.165) is 30.3 Å². The van der Waals surface area contributed by atoms with Crippen LogP contribution < -0.4 is 5.32 Å². The van der Waals surface area contributed by atoms with Gasteiger partial charge in [0.15, 0.2) is 5.11 Å². The van der Waals surface area contributed by atoms with Crippen molar-refractivity contribution in [1.82, 2.24) is 19.8 Å². The summed E-state index contributed by atoms with van der Waals surface area (Å²) in [5.74, 6) is 0. The van der Waals surface area contributed by atoms with Crippen LogP contribution in [0.25, 0.3) is 0 Å². The fourth-order valence-electron chi connectivity index (χ4n) is 4.02. The Bertz CT molecular complexity index is 793. The summed E-state index contributed by atoms with van der Waals surface area (Å²) in [4.78, 5) is 6.90. The van der Waals surface area contributed by atoms with E-state index in [9.17, 15) is 0 Å². The molecule has 6 nitrogen and oxygen atoms in total. The van der Waals surface area contributed by atoms with Gasteiger partial charge in [-0.25, -0.2) is 0 Å². The molecule has 0 saturated carbocycles. The second-order valence-electron chi connectivity index (χ2n) is 7.14. The molecule has 0 aromatic carbocycles. The lowest BCUT2D eigenvalue weighted by atomic mass is 9.96. The average Bonchev–Trinajstić information content (AvgIpc) is 3.17. The van der Waals surface area contributed by atoms with Gasteiger partial charge in [0, 0.05) is 51.5 Å². The van der Waals surface area contributed by atoms with Gasteiger partial charge in [0.05, 0.1) is 24.4 Å². The van der Waals surface area contributed by atoms with Gasteiger partial charge < -0.3 is 24.3 Å². The number of ether oxygens (including phenoxy) is 2. The molecule has 0 bridgehead atoms. The molecule has 0 aliphatic carbocycles. The Labute approximate surface area is 172 Å². The molecular weight excluding hydrogens is 372 g/mol. The van der Waals surface area contributed by atoms with Crippen molar-refractivity contribution in [1.29, 1.82) is 0 Å². The standard InChI is InChI=1S/C21H30N4O2S/c1-15-14-17(16(2)24(15)11-13-27-4)20-19(18-8-5-6-9-22-18)23-21(28)25(20)10-7-12-26-3/h5-6,8-9,14,19-20H,7,10-13H2,1-4H3,(H,23,28)/t19-,20+/m1/s1. The monoisotopic (exact) mass is 402 g/mol. The summed E-state index contributed by atoms with van der Waals surface area (Å²) in [5.41, 5.74) is 4.78. The van der Waals surface area contributed by atoms with E-state index < -0.39 is 0 Å². The number of thiocarbonyl (C=S) groups is 1. The Hall–Kier alpha value is -1.96. The van der Waals surface area contributed by atoms with Crippen LogP contribution in [0.5, 0.6) is 0 Å². The van der Waals surface area contributed by atoms with Crippen LogP contribution in [0.1, 0.15) is 41.1 Å². The van der Waals surface area contributed by atoms with E-state index >= 15 is 0 Å². The van der Waals surface area contributed by atoms with Gasteiger partial charge in [0.1, 0.15) is 0 Å². The largest absolute Gasteiger partial charge is 0.385 e. The minimum atomic E-state index is 0.0209. The summed E-state index contributed by atoms with van der Waals surface area (Å²) in [6.45, 7) is 7.43. The van der Waals surface area contributed by atoms with Crippen LogP contribution in [0, 0.1) is 13.8 Å². The van der Waals surface area contributed by atoms with Crippen molar-refractivity contribution in [3.05, 3.63) is 53.1 Å². The SMILES string of the molecule is COCCCN1C(=S)N[C@H](c2ccccn2)[C@@H]1c1cc(C)n(CCOC)c1C. The second kappa shape index (κ2) is 9.49. The first-order chi connectivity index (χ1) is 13.6. The van der Waals surface area contributed by atoms with Crippen molar-refractivity contribution < 1.29 is 9.47 Å². The topological polar surface area (TPSA) is 51.5 Å². The highest BCUT2D eigenvalue weighted by atomic mass is 32.1. The molecule has 1 aliphatic rings. The van der Waals surface area contributed by atoms with Gasteiger partial charge in [-0.1, -0.05) is 6.07 Å². The number of nitrogens with one attached hydrogen (secondary N) is 1. The highest BCUT2D eigenvalue weighted by molar-refractivity contribution is 7.80. The summed E-state index contributed by atoms with van der Waals surface area (Å²) < 4.78 is 12.9. The van der Waals surface area contributed by atoms with Crippen LogP contribution in [-0.4, -0.2) is 53.5 Å². The van der Waals surface area contributed by atoms with E-state index in [4.69, 9.17) is 21.7 Å². The van der Waals surface area contributed by atoms with Crippen LogP contribution in [0.2, 0.25) is 0 Å². The van der Waals surface area contributed by atoms with E-state index in [1.54, 1.807) is 14.2 Å². The van der Waals surface area contributed by atoms with Crippen LogP contribution in [-0.2, 0) is 16.0 Å². The Balaban J connectivity index is 1.99. The Kier molecular flexibility index (Phi) is 7.04. The van der Waals surface area contributed by atoms with E-state index in [1.165, 1.54) is 17.0 Å². The minimum Gasteiger partial charge on any atom is -0.385 e. The molecule has 152 valence electrons. The van der Waals surface area contributed by atoms with Gasteiger partial charge in [-0.2, -0.15) is 0 Å². The Morgan fingerprint density at radius 1 is 1.14 bits per heavy atom. The predicted molar refractivity (Wildman–Crippen MR) is 114 cm³/mol. The van der Waals surface area contributed by atoms with E-state index in [0.29, 0.717) is 13.2 Å². The van der Waals surface area contributed by atoms with Crippen LogP contribution in [0.3, 0.4) is 0 Å². The molecule has 1 saturated heterocycles. The lowest BCUT2D eigenvalue weighted by Gasteiger charge is -2.28. The van der Waals surface area contributed by atoms with E-state index in [1.807, 2.05) is 18.3 Å². The molecule has 0 amide bonds. The number of nitrogens with zero attached hydrogens (tertiary/aromatic N) is 3. The molecule has 2 atom stereocenters. The van der Waals surface area contributed by atoms with Crippen molar-refractivity contribution in [2.24, 2.45) is 0 Å². The Morgan fingerprint density at radius 2 is 1.93 bits per heavy atom. The second-order valence-corrected chi connectivity index (χ2v) is 7.52. The summed E-state index contributed by atoms with van der Waals surface area (Å²) in [5, 5.41) is 4.29. The fraction of sp³-hybridized carbons (Fsp3) is 0.524. The maximum Gasteiger partial charge on any atom is 0.170 e. The number of aromatic nitrogens is 2. The summed E-state index contributed by atoms with van der Waals surface area (Å²) in [7, 11) is 3.47. The van der Waals surface area contributed by atoms with Crippen molar-refractivity contribution >= 4 is 17.3 Å². The fourth-order valence-corrected chi connectivity index (χ4v) is 4.35. The molecule has 0 radical (unpaired) electrons. The molecule has 28 heavy (non-hydrogen) atoms. The molecule has 0 spiro atoms. The predicted octanol–water partition coefficient (Wildman–Crippen LogP) is 3.16. The number of aryl methyl sites for hydroxylation is 1. The first kappa shape index (κ1) is 20.8. The molecule has 2 aromatic heterocycles. The summed E-state index contributed by atoms with van der Waals surface area (Å²) in [6, 6.07) is 8.44. The summed E-state index contributed by atoms with van der Waals surface area (Å²) >= 11 is 5.72. The molecule has 2 aromatic rings. The van der Waals surface area contributed by atoms with Crippen molar-refractivity contribution in [2.75, 3.05) is 34.0 Å². The number of hydrogen-bond donors (Lipinski definition) is 1. The Morgan fingerprint density at radius 3 is 2.61 bits per heavy atom. The molecular formula is C21H30N4O2S. The molecule has 3 rings (SSSR count). The van der Waals surface area contributed by atoms with Gasteiger partial charge in [-0.3, -0.25) is 4.98 Å². The first-order valence-electron chi connectivity index (χ1n) is 9.71. The highest BCUT2D eigenvalue weighted by Gasteiger charge is 2.40. The molecule has 1 N–H and O–H groups in total. The first-order valence-corrected chi connectivity index (χ1v) is 10.1. The smallest absolute Gasteiger partial charge is 0.170 e. The third-order valence-electron chi connectivity index (χ3n) is 5.40. The number of methoxy groups -OCH3 is 2. The van der Waals surface area contributed by atoms with Gasteiger partial charge in [0.25, 0.3) is 0 Å². The zero-order chi connectivity index (χ0) is 20.1. The number of hydrogen-bond acceptors (Lipinski definition) is 4. The van der Waals surface area contributed by atoms with E-state index in [-0.39, 0.29) is 12.1 Å². The summed E-state index contributed by atoms with van der Waals surface area (Å²) in [6.07, 6.45) is 2.76. The van der Waals surface area contributed by atoms with Crippen molar-refractivity contribution in [3.8, 4) is 0 Å². The normalized spacial score (nSPS) is 19.3. The van der Waals surface area contributed by atoms with Crippen LogP contribution in [0.4, 0.5) is 0 Å². The highest BCUT2D eigenvalue weighted by Crippen LogP contribution is 2.40. The maximum absolute atomic E-state index is 5.72. The average molecular weight is 403 g/mol. The van der Waals surface area contributed by atoms with Crippen LogP contribution in [0.15, 0.2) is 30.5 Å². The van der Waals surface area contributed by atoms with E-state index in [2.05, 4.69) is 45.7 Å². The zero-order valence-corrected chi connectivity index (χ0v) is 18.0. The van der Waals surface area contributed by atoms with Gasteiger partial charge in [-0.15, -0.1) is 0 Å². The quantitative estimate of drug-likeness (QED) is 0.514. The molecule has 7 heteroatoms. The van der Waals surface area contributed by atoms with Crippen LogP contribution >= 0.6 is 12.2 Å². The van der Waals surface area contributed by atoms with Crippen molar-refractivity contribution in [2.45, 2.75) is 38.9 Å².